The van der Waals surface area contributed by atoms with Crippen LogP contribution >= 0.6 is 11.6 Å². The van der Waals surface area contributed by atoms with Gasteiger partial charge in [-0.2, -0.15) is 0 Å². The maximum atomic E-state index is 12.0. The number of halogens is 1. The molecule has 1 unspecified atom stereocenters. The van der Waals surface area contributed by atoms with Crippen LogP contribution < -0.4 is 10.2 Å². The van der Waals surface area contributed by atoms with E-state index in [0.29, 0.717) is 6.54 Å². The Morgan fingerprint density at radius 2 is 2.29 bits per heavy atom. The van der Waals surface area contributed by atoms with Gasteiger partial charge in [0.05, 0.1) is 17.3 Å². The molecule has 2 amide bonds. The van der Waals surface area contributed by atoms with Gasteiger partial charge in [0, 0.05) is 32.7 Å². The molecule has 1 atom stereocenters. The number of amides is 2. The van der Waals surface area contributed by atoms with Gasteiger partial charge in [-0.05, 0) is 25.0 Å². The number of urea groups is 1. The number of hydrogen-bond acceptors (Lipinski definition) is 3. The standard InChI is InChI=1S/C15H22ClN3O2/c1-18(9-10-20)15(21)17-12-5-4-8-19(11-12)14-7-3-2-6-13(14)16/h2-3,6-7,12,20H,4-5,8-11H2,1H3,(H,17,21). The van der Waals surface area contributed by atoms with Crippen LogP contribution in [0.25, 0.3) is 0 Å². The Bertz CT molecular complexity index is 484. The smallest absolute Gasteiger partial charge is 0.317 e. The third kappa shape index (κ3) is 4.25. The van der Waals surface area contributed by atoms with E-state index < -0.39 is 0 Å². The number of rotatable bonds is 4. The second-order valence-electron chi connectivity index (χ2n) is 5.33. The van der Waals surface area contributed by atoms with E-state index >= 15 is 0 Å². The summed E-state index contributed by atoms with van der Waals surface area (Å²) in [6.07, 6.45) is 1.97. The van der Waals surface area contributed by atoms with Crippen LogP contribution in [0.3, 0.4) is 0 Å². The van der Waals surface area contributed by atoms with E-state index in [2.05, 4.69) is 10.2 Å². The van der Waals surface area contributed by atoms with E-state index in [0.717, 1.165) is 36.6 Å². The lowest BCUT2D eigenvalue weighted by Gasteiger charge is -2.35. The first-order chi connectivity index (χ1) is 10.1. The third-order valence-corrected chi connectivity index (χ3v) is 4.04. The van der Waals surface area contributed by atoms with Gasteiger partial charge < -0.3 is 20.2 Å². The number of para-hydroxylation sites is 1. The maximum Gasteiger partial charge on any atom is 0.317 e. The summed E-state index contributed by atoms with van der Waals surface area (Å²) < 4.78 is 0. The molecule has 6 heteroatoms. The van der Waals surface area contributed by atoms with E-state index in [4.69, 9.17) is 16.7 Å². The molecular weight excluding hydrogens is 290 g/mol. The second-order valence-corrected chi connectivity index (χ2v) is 5.74. The molecule has 1 heterocycles. The van der Waals surface area contributed by atoms with Gasteiger partial charge in [0.1, 0.15) is 0 Å². The van der Waals surface area contributed by atoms with E-state index in [9.17, 15) is 4.79 Å². The summed E-state index contributed by atoms with van der Waals surface area (Å²) in [4.78, 5) is 15.7. The minimum absolute atomic E-state index is 0.0274. The van der Waals surface area contributed by atoms with Crippen LogP contribution in [0.1, 0.15) is 12.8 Å². The van der Waals surface area contributed by atoms with Crippen LogP contribution in [0.4, 0.5) is 10.5 Å². The number of nitrogens with zero attached hydrogens (tertiary/aromatic N) is 2. The molecular formula is C15H22ClN3O2. The van der Waals surface area contributed by atoms with Gasteiger partial charge in [0.15, 0.2) is 0 Å². The highest BCUT2D eigenvalue weighted by molar-refractivity contribution is 6.33. The van der Waals surface area contributed by atoms with Crippen molar-refractivity contribution in [2.75, 3.05) is 38.2 Å². The number of likely N-dealkylation sites (N-methyl/N-ethyl adjacent to an activating group) is 1. The van der Waals surface area contributed by atoms with E-state index in [-0.39, 0.29) is 18.7 Å². The summed E-state index contributed by atoms with van der Waals surface area (Å²) in [6, 6.07) is 7.73. The molecule has 0 bridgehead atoms. The number of benzene rings is 1. The number of anilines is 1. The highest BCUT2D eigenvalue weighted by atomic mass is 35.5. The van der Waals surface area contributed by atoms with Gasteiger partial charge in [-0.15, -0.1) is 0 Å². The van der Waals surface area contributed by atoms with E-state index in [1.54, 1.807) is 7.05 Å². The predicted octanol–water partition coefficient (Wildman–Crippen LogP) is 1.94. The average Bonchev–Trinajstić information content (AvgIpc) is 2.48. The van der Waals surface area contributed by atoms with Crippen molar-refractivity contribution in [1.29, 1.82) is 0 Å². The molecule has 0 radical (unpaired) electrons. The molecule has 1 fully saturated rings. The van der Waals surface area contributed by atoms with Crippen LogP contribution in [-0.4, -0.2) is 55.4 Å². The van der Waals surface area contributed by atoms with Crippen LogP contribution in [0.5, 0.6) is 0 Å². The number of aliphatic hydroxyl groups excluding tert-OH is 1. The Kier molecular flexibility index (Phi) is 5.70. The first-order valence-electron chi connectivity index (χ1n) is 7.23. The minimum atomic E-state index is -0.143. The quantitative estimate of drug-likeness (QED) is 0.893. The number of carbonyl (C=O) groups excluding carboxylic acids is 1. The molecule has 21 heavy (non-hydrogen) atoms. The normalized spacial score (nSPS) is 18.4. The molecule has 2 rings (SSSR count). The molecule has 0 saturated carbocycles. The van der Waals surface area contributed by atoms with Crippen molar-refractivity contribution in [2.45, 2.75) is 18.9 Å². The fourth-order valence-corrected chi connectivity index (χ4v) is 2.81. The van der Waals surface area contributed by atoms with Gasteiger partial charge in [-0.1, -0.05) is 23.7 Å². The van der Waals surface area contributed by atoms with E-state index in [1.165, 1.54) is 4.90 Å². The molecule has 5 nitrogen and oxygen atoms in total. The Morgan fingerprint density at radius 3 is 3.00 bits per heavy atom. The first-order valence-corrected chi connectivity index (χ1v) is 7.61. The van der Waals surface area contributed by atoms with Crippen molar-refractivity contribution in [1.82, 2.24) is 10.2 Å². The Morgan fingerprint density at radius 1 is 1.52 bits per heavy atom. The van der Waals surface area contributed by atoms with Crippen molar-refractivity contribution in [3.05, 3.63) is 29.3 Å². The molecule has 1 aliphatic heterocycles. The van der Waals surface area contributed by atoms with E-state index in [1.807, 2.05) is 24.3 Å². The summed E-state index contributed by atoms with van der Waals surface area (Å²) >= 11 is 6.24. The molecule has 1 aliphatic rings. The van der Waals surface area contributed by atoms with Crippen LogP contribution in [0, 0.1) is 0 Å². The summed E-state index contributed by atoms with van der Waals surface area (Å²) in [5.74, 6) is 0. The lowest BCUT2D eigenvalue weighted by atomic mass is 10.0. The lowest BCUT2D eigenvalue weighted by Crippen LogP contribution is -2.51. The fourth-order valence-electron chi connectivity index (χ4n) is 2.56. The fraction of sp³-hybridized carbons (Fsp3) is 0.533. The number of carbonyl (C=O) groups is 1. The van der Waals surface area contributed by atoms with Gasteiger partial charge in [0.25, 0.3) is 0 Å². The summed E-state index contributed by atoms with van der Waals surface area (Å²) in [6.45, 7) is 2.01. The minimum Gasteiger partial charge on any atom is -0.395 e. The number of piperidine rings is 1. The predicted molar refractivity (Wildman–Crippen MR) is 84.9 cm³/mol. The summed E-state index contributed by atoms with van der Waals surface area (Å²) in [7, 11) is 1.68. The number of aliphatic hydroxyl groups is 1. The lowest BCUT2D eigenvalue weighted by molar-refractivity contribution is 0.185. The number of hydrogen-bond donors (Lipinski definition) is 2. The highest BCUT2D eigenvalue weighted by Gasteiger charge is 2.23. The molecule has 116 valence electrons. The number of nitrogens with one attached hydrogen (secondary N) is 1. The summed E-state index contributed by atoms with van der Waals surface area (Å²) in [5, 5.41) is 12.6. The van der Waals surface area contributed by atoms with Gasteiger partial charge in [-0.25, -0.2) is 4.79 Å². The Labute approximate surface area is 130 Å². The van der Waals surface area contributed by atoms with Crippen molar-refractivity contribution < 1.29 is 9.90 Å². The molecule has 1 aromatic carbocycles. The molecule has 1 aromatic rings. The molecule has 2 N–H and O–H groups in total. The average molecular weight is 312 g/mol. The van der Waals surface area contributed by atoms with Gasteiger partial charge in [-0.3, -0.25) is 0 Å². The molecule has 0 aromatic heterocycles. The largest absolute Gasteiger partial charge is 0.395 e. The highest BCUT2D eigenvalue weighted by Crippen LogP contribution is 2.27. The maximum absolute atomic E-state index is 12.0. The van der Waals surface area contributed by atoms with Crippen molar-refractivity contribution in [3.8, 4) is 0 Å². The SMILES string of the molecule is CN(CCO)C(=O)NC1CCCN(c2ccccc2Cl)C1. The van der Waals surface area contributed by atoms with Gasteiger partial charge >= 0.3 is 6.03 Å². The topological polar surface area (TPSA) is 55.8 Å². The van der Waals surface area contributed by atoms with Crippen molar-refractivity contribution in [2.24, 2.45) is 0 Å². The van der Waals surface area contributed by atoms with Crippen LogP contribution in [0.15, 0.2) is 24.3 Å². The van der Waals surface area contributed by atoms with Gasteiger partial charge in [0.2, 0.25) is 0 Å². The third-order valence-electron chi connectivity index (χ3n) is 3.72. The zero-order valence-corrected chi connectivity index (χ0v) is 13.0. The second kappa shape index (κ2) is 7.52. The Balaban J connectivity index is 1.95. The summed E-state index contributed by atoms with van der Waals surface area (Å²) in [5.41, 5.74) is 1.02. The van der Waals surface area contributed by atoms with Crippen molar-refractivity contribution in [3.63, 3.8) is 0 Å². The molecule has 0 spiro atoms. The van der Waals surface area contributed by atoms with Crippen LogP contribution in [-0.2, 0) is 0 Å². The molecule has 1 saturated heterocycles. The van der Waals surface area contributed by atoms with Crippen molar-refractivity contribution >= 4 is 23.3 Å². The zero-order valence-electron chi connectivity index (χ0n) is 12.3. The first kappa shape index (κ1) is 15.9. The molecule has 0 aliphatic carbocycles. The van der Waals surface area contributed by atoms with Crippen LogP contribution in [0.2, 0.25) is 5.02 Å². The monoisotopic (exact) mass is 311 g/mol. The Hall–Kier alpha value is -1.46. The zero-order chi connectivity index (χ0) is 15.2.